The molecular weight excluding hydrogens is 517 g/mol. The predicted octanol–water partition coefficient (Wildman–Crippen LogP) is 5.96. The minimum atomic E-state index is -0.604. The molecule has 0 aliphatic rings. The van der Waals surface area contributed by atoms with Crippen LogP contribution in [0.5, 0.6) is 17.2 Å². The third-order valence-corrected chi connectivity index (χ3v) is 5.37. The Hall–Kier alpha value is -4.19. The fourth-order valence-electron chi connectivity index (χ4n) is 3.19. The summed E-state index contributed by atoms with van der Waals surface area (Å²) in [4.78, 5) is 25.0. The number of rotatable bonds is 10. The Morgan fingerprint density at radius 3 is 2.41 bits per heavy atom. The predicted molar refractivity (Wildman–Crippen MR) is 143 cm³/mol. The molecule has 3 aromatic carbocycles. The van der Waals surface area contributed by atoms with E-state index in [1.54, 1.807) is 61.5 Å². The number of hydrogen-bond acceptors (Lipinski definition) is 6. The number of anilines is 2. The van der Waals surface area contributed by atoms with E-state index in [2.05, 4.69) is 10.6 Å². The van der Waals surface area contributed by atoms with Gasteiger partial charge in [0, 0.05) is 10.7 Å². The molecule has 0 fully saturated rings. The van der Waals surface area contributed by atoms with Crippen molar-refractivity contribution in [2.24, 2.45) is 0 Å². The largest absolute Gasteiger partial charge is 0.495 e. The van der Waals surface area contributed by atoms with Crippen LogP contribution in [0.15, 0.2) is 66.2 Å². The standard InChI is InChI=1S/C27H23Cl2N3O5/c1-3-36-24-14-17(12-18(15-30)27(34)31-20-10-8-19(28)9-11-20)13-21(29)26(24)37-16-25(33)32-22-6-4-5-7-23(22)35-2/h4-14H,3,16H2,1-2H3,(H,31,34)(H,32,33)/b18-12-. The maximum atomic E-state index is 12.6. The Labute approximate surface area is 224 Å². The summed E-state index contributed by atoms with van der Waals surface area (Å²) in [5.41, 5.74) is 1.26. The van der Waals surface area contributed by atoms with Gasteiger partial charge in [-0.1, -0.05) is 35.3 Å². The molecule has 0 heterocycles. The highest BCUT2D eigenvalue weighted by atomic mass is 35.5. The molecule has 2 amide bonds. The summed E-state index contributed by atoms with van der Waals surface area (Å²) in [6, 6.07) is 18.4. The van der Waals surface area contributed by atoms with Gasteiger partial charge in [0.2, 0.25) is 0 Å². The van der Waals surface area contributed by atoms with E-state index in [-0.39, 0.29) is 35.3 Å². The first kappa shape index (κ1) is 27.4. The Kier molecular flexibility index (Phi) is 9.78. The fourth-order valence-corrected chi connectivity index (χ4v) is 3.59. The first-order valence-corrected chi connectivity index (χ1v) is 11.8. The van der Waals surface area contributed by atoms with E-state index in [1.165, 1.54) is 19.3 Å². The van der Waals surface area contributed by atoms with Crippen LogP contribution in [-0.4, -0.2) is 32.1 Å². The van der Waals surface area contributed by atoms with Crippen LogP contribution in [0.25, 0.3) is 6.08 Å². The topological polar surface area (TPSA) is 110 Å². The van der Waals surface area contributed by atoms with Crippen LogP contribution in [0.4, 0.5) is 11.4 Å². The van der Waals surface area contributed by atoms with Crippen LogP contribution in [0.3, 0.4) is 0 Å². The number of hydrogen-bond donors (Lipinski definition) is 2. The van der Waals surface area contributed by atoms with Crippen LogP contribution in [0, 0.1) is 11.3 Å². The van der Waals surface area contributed by atoms with Crippen molar-refractivity contribution in [1.29, 1.82) is 5.26 Å². The molecule has 0 aliphatic heterocycles. The van der Waals surface area contributed by atoms with E-state index >= 15 is 0 Å². The van der Waals surface area contributed by atoms with E-state index in [1.807, 2.05) is 6.07 Å². The molecule has 8 nitrogen and oxygen atoms in total. The Bertz CT molecular complexity index is 1350. The number of ether oxygens (including phenoxy) is 3. The highest BCUT2D eigenvalue weighted by Crippen LogP contribution is 2.37. The van der Waals surface area contributed by atoms with Gasteiger partial charge in [0.25, 0.3) is 11.8 Å². The van der Waals surface area contributed by atoms with Crippen molar-refractivity contribution in [2.75, 3.05) is 31.0 Å². The molecule has 37 heavy (non-hydrogen) atoms. The first-order valence-electron chi connectivity index (χ1n) is 11.0. The van der Waals surface area contributed by atoms with E-state index in [0.717, 1.165) is 0 Å². The van der Waals surface area contributed by atoms with Gasteiger partial charge in [-0.3, -0.25) is 9.59 Å². The van der Waals surface area contributed by atoms with E-state index in [4.69, 9.17) is 37.4 Å². The summed E-state index contributed by atoms with van der Waals surface area (Å²) in [6.45, 7) is 1.71. The molecule has 3 rings (SSSR count). The average molecular weight is 540 g/mol. The highest BCUT2D eigenvalue weighted by Gasteiger charge is 2.16. The first-order chi connectivity index (χ1) is 17.8. The van der Waals surface area contributed by atoms with Gasteiger partial charge < -0.3 is 24.8 Å². The number of methoxy groups -OCH3 is 1. The quantitative estimate of drug-likeness (QED) is 0.243. The van der Waals surface area contributed by atoms with Crippen molar-refractivity contribution in [1.82, 2.24) is 0 Å². The lowest BCUT2D eigenvalue weighted by Crippen LogP contribution is -2.21. The zero-order chi connectivity index (χ0) is 26.8. The Morgan fingerprint density at radius 2 is 1.73 bits per heavy atom. The number of amides is 2. The lowest BCUT2D eigenvalue weighted by Gasteiger charge is -2.15. The highest BCUT2D eigenvalue weighted by molar-refractivity contribution is 6.32. The Morgan fingerprint density at radius 1 is 1.00 bits per heavy atom. The monoisotopic (exact) mass is 539 g/mol. The molecule has 2 N–H and O–H groups in total. The third-order valence-electron chi connectivity index (χ3n) is 4.84. The number of nitrogens with one attached hydrogen (secondary N) is 2. The lowest BCUT2D eigenvalue weighted by atomic mass is 10.1. The molecule has 0 aromatic heterocycles. The molecule has 0 bridgehead atoms. The molecule has 0 unspecified atom stereocenters. The third kappa shape index (κ3) is 7.64. The maximum Gasteiger partial charge on any atom is 0.266 e. The van der Waals surface area contributed by atoms with Crippen molar-refractivity contribution in [3.8, 4) is 23.3 Å². The van der Waals surface area contributed by atoms with Gasteiger partial charge in [0.15, 0.2) is 18.1 Å². The fraction of sp³-hybridized carbons (Fsp3) is 0.148. The van der Waals surface area contributed by atoms with Crippen LogP contribution in [0.1, 0.15) is 12.5 Å². The summed E-state index contributed by atoms with van der Waals surface area (Å²) in [7, 11) is 1.50. The van der Waals surface area contributed by atoms with E-state index in [0.29, 0.717) is 27.7 Å². The second-order valence-electron chi connectivity index (χ2n) is 7.43. The number of halogens is 2. The maximum absolute atomic E-state index is 12.6. The van der Waals surface area contributed by atoms with Crippen molar-refractivity contribution < 1.29 is 23.8 Å². The summed E-state index contributed by atoms with van der Waals surface area (Å²) >= 11 is 12.3. The SMILES string of the molecule is CCOc1cc(/C=C(/C#N)C(=O)Nc2ccc(Cl)cc2)cc(Cl)c1OCC(=O)Nc1ccccc1OC. The van der Waals surface area contributed by atoms with Crippen molar-refractivity contribution in [3.05, 3.63) is 81.8 Å². The molecule has 0 aliphatic carbocycles. The summed E-state index contributed by atoms with van der Waals surface area (Å²) < 4.78 is 16.5. The number of nitriles is 1. The minimum Gasteiger partial charge on any atom is -0.495 e. The van der Waals surface area contributed by atoms with E-state index in [9.17, 15) is 14.9 Å². The average Bonchev–Trinajstić information content (AvgIpc) is 2.88. The number of benzene rings is 3. The summed E-state index contributed by atoms with van der Waals surface area (Å²) in [5.74, 6) is -0.125. The molecule has 3 aromatic rings. The smallest absolute Gasteiger partial charge is 0.266 e. The zero-order valence-electron chi connectivity index (χ0n) is 20.0. The van der Waals surface area contributed by atoms with Crippen molar-refractivity contribution in [2.45, 2.75) is 6.92 Å². The van der Waals surface area contributed by atoms with Crippen LogP contribution in [0.2, 0.25) is 10.0 Å². The molecule has 0 radical (unpaired) electrons. The molecular formula is C27H23Cl2N3O5. The molecule has 0 atom stereocenters. The summed E-state index contributed by atoms with van der Waals surface area (Å²) in [5, 5.41) is 15.5. The molecule has 0 saturated carbocycles. The van der Waals surface area contributed by atoms with Crippen molar-refractivity contribution in [3.63, 3.8) is 0 Å². The van der Waals surface area contributed by atoms with Gasteiger partial charge in [0.05, 0.1) is 24.4 Å². The Balaban J connectivity index is 1.77. The molecule has 0 spiro atoms. The number of nitrogens with zero attached hydrogens (tertiary/aromatic N) is 1. The van der Waals surface area contributed by atoms with Gasteiger partial charge in [-0.05, 0) is 67.1 Å². The minimum absolute atomic E-state index is 0.137. The van der Waals surface area contributed by atoms with Crippen LogP contribution in [-0.2, 0) is 9.59 Å². The van der Waals surface area contributed by atoms with Gasteiger partial charge in [-0.25, -0.2) is 0 Å². The van der Waals surface area contributed by atoms with Crippen molar-refractivity contribution >= 4 is 52.5 Å². The van der Waals surface area contributed by atoms with E-state index < -0.39 is 11.8 Å². The van der Waals surface area contributed by atoms with Crippen LogP contribution < -0.4 is 24.8 Å². The number of carbonyl (C=O) groups excluding carboxylic acids is 2. The van der Waals surface area contributed by atoms with Gasteiger partial charge in [-0.15, -0.1) is 0 Å². The molecule has 10 heteroatoms. The second-order valence-corrected chi connectivity index (χ2v) is 8.27. The normalized spacial score (nSPS) is 10.7. The van der Waals surface area contributed by atoms with Gasteiger partial charge in [0.1, 0.15) is 17.4 Å². The second kappa shape index (κ2) is 13.2. The van der Waals surface area contributed by atoms with Gasteiger partial charge >= 0.3 is 0 Å². The molecule has 0 saturated heterocycles. The summed E-state index contributed by atoms with van der Waals surface area (Å²) in [6.07, 6.45) is 1.37. The van der Waals surface area contributed by atoms with Crippen LogP contribution >= 0.6 is 23.2 Å². The lowest BCUT2D eigenvalue weighted by molar-refractivity contribution is -0.118. The number of para-hydroxylation sites is 2. The zero-order valence-corrected chi connectivity index (χ0v) is 21.5. The van der Waals surface area contributed by atoms with Gasteiger partial charge in [-0.2, -0.15) is 5.26 Å². The number of carbonyl (C=O) groups is 2. The molecule has 190 valence electrons.